The number of nitrogens with zero attached hydrogens (tertiary/aromatic N) is 4. The molecule has 1 saturated heterocycles. The summed E-state index contributed by atoms with van der Waals surface area (Å²) in [5.74, 6) is -0.00652. The zero-order chi connectivity index (χ0) is 18.1. The Morgan fingerprint density at radius 1 is 1.08 bits per heavy atom. The van der Waals surface area contributed by atoms with Crippen LogP contribution in [-0.4, -0.2) is 59.2 Å². The Balaban J connectivity index is 1.68. The SMILES string of the molecule is CN1CCN(c2ccc(-c3cc(C(=O)O)c4ccccc4n3)cn2)CC1. The van der Waals surface area contributed by atoms with Gasteiger partial charge in [0.1, 0.15) is 5.82 Å². The van der Waals surface area contributed by atoms with Crippen LogP contribution in [0.4, 0.5) is 5.82 Å². The lowest BCUT2D eigenvalue weighted by Gasteiger charge is -2.33. The summed E-state index contributed by atoms with van der Waals surface area (Å²) in [6, 6.07) is 12.9. The van der Waals surface area contributed by atoms with E-state index in [2.05, 4.69) is 26.8 Å². The summed E-state index contributed by atoms with van der Waals surface area (Å²) in [5.41, 5.74) is 2.37. The minimum atomic E-state index is -0.952. The number of carbonyl (C=O) groups is 1. The van der Waals surface area contributed by atoms with Gasteiger partial charge in [0.15, 0.2) is 0 Å². The number of rotatable bonds is 3. The van der Waals surface area contributed by atoms with Crippen molar-refractivity contribution in [1.82, 2.24) is 14.9 Å². The molecule has 0 unspecified atom stereocenters. The van der Waals surface area contributed by atoms with Gasteiger partial charge in [-0.15, -0.1) is 0 Å². The molecule has 132 valence electrons. The van der Waals surface area contributed by atoms with Crippen LogP contribution in [0.15, 0.2) is 48.7 Å². The number of carboxylic acid groups (broad SMARTS) is 1. The van der Waals surface area contributed by atoms with Gasteiger partial charge >= 0.3 is 5.97 Å². The third-order valence-corrected chi connectivity index (χ3v) is 4.82. The minimum Gasteiger partial charge on any atom is -0.478 e. The Hall–Kier alpha value is -2.99. The molecular formula is C20H20N4O2. The summed E-state index contributed by atoms with van der Waals surface area (Å²) in [6.07, 6.45) is 1.77. The Morgan fingerprint density at radius 3 is 2.54 bits per heavy atom. The molecule has 0 aliphatic carbocycles. The molecule has 1 aliphatic rings. The van der Waals surface area contributed by atoms with Crippen molar-refractivity contribution in [3.8, 4) is 11.3 Å². The second-order valence-electron chi connectivity index (χ2n) is 6.57. The van der Waals surface area contributed by atoms with Crippen molar-refractivity contribution in [2.24, 2.45) is 0 Å². The highest BCUT2D eigenvalue weighted by Gasteiger charge is 2.16. The van der Waals surface area contributed by atoms with Crippen LogP contribution in [0.25, 0.3) is 22.2 Å². The van der Waals surface area contributed by atoms with E-state index < -0.39 is 5.97 Å². The van der Waals surface area contributed by atoms with Crippen molar-refractivity contribution in [3.63, 3.8) is 0 Å². The van der Waals surface area contributed by atoms with E-state index in [-0.39, 0.29) is 5.56 Å². The van der Waals surface area contributed by atoms with Crippen LogP contribution in [-0.2, 0) is 0 Å². The summed E-state index contributed by atoms with van der Waals surface area (Å²) in [6.45, 7) is 3.97. The fourth-order valence-electron chi connectivity index (χ4n) is 3.26. The maximum atomic E-state index is 11.6. The molecule has 4 rings (SSSR count). The fraction of sp³-hybridized carbons (Fsp3) is 0.250. The van der Waals surface area contributed by atoms with E-state index in [1.165, 1.54) is 0 Å². The summed E-state index contributed by atoms with van der Waals surface area (Å²) in [7, 11) is 2.12. The predicted octanol–water partition coefficient (Wildman–Crippen LogP) is 2.75. The van der Waals surface area contributed by atoms with Crippen LogP contribution in [0.2, 0.25) is 0 Å². The molecule has 1 aromatic carbocycles. The van der Waals surface area contributed by atoms with Crippen molar-refractivity contribution in [2.45, 2.75) is 0 Å². The van der Waals surface area contributed by atoms with Gasteiger partial charge in [0, 0.05) is 43.3 Å². The highest BCUT2D eigenvalue weighted by Crippen LogP contribution is 2.25. The zero-order valence-corrected chi connectivity index (χ0v) is 14.6. The molecule has 6 nitrogen and oxygen atoms in total. The van der Waals surface area contributed by atoms with Crippen LogP contribution < -0.4 is 4.90 Å². The number of para-hydroxylation sites is 1. The molecule has 1 aliphatic heterocycles. The molecule has 2 aromatic heterocycles. The minimum absolute atomic E-state index is 0.258. The number of pyridine rings is 2. The number of aromatic nitrogens is 2. The maximum Gasteiger partial charge on any atom is 0.336 e. The van der Waals surface area contributed by atoms with E-state index >= 15 is 0 Å². The zero-order valence-electron chi connectivity index (χ0n) is 14.6. The number of fused-ring (bicyclic) bond motifs is 1. The second kappa shape index (κ2) is 6.72. The number of hydrogen-bond acceptors (Lipinski definition) is 5. The highest BCUT2D eigenvalue weighted by molar-refractivity contribution is 6.03. The average molecular weight is 348 g/mol. The quantitative estimate of drug-likeness (QED) is 0.785. The summed E-state index contributed by atoms with van der Waals surface area (Å²) >= 11 is 0. The molecule has 0 radical (unpaired) electrons. The first-order valence-corrected chi connectivity index (χ1v) is 8.65. The smallest absolute Gasteiger partial charge is 0.336 e. The largest absolute Gasteiger partial charge is 0.478 e. The molecule has 6 heteroatoms. The van der Waals surface area contributed by atoms with Gasteiger partial charge < -0.3 is 14.9 Å². The van der Waals surface area contributed by atoms with Crippen molar-refractivity contribution in [3.05, 3.63) is 54.2 Å². The van der Waals surface area contributed by atoms with Crippen LogP contribution in [0, 0.1) is 0 Å². The Morgan fingerprint density at radius 2 is 1.85 bits per heavy atom. The van der Waals surface area contributed by atoms with Crippen LogP contribution >= 0.6 is 0 Å². The second-order valence-corrected chi connectivity index (χ2v) is 6.57. The van der Waals surface area contributed by atoms with E-state index in [9.17, 15) is 9.90 Å². The summed E-state index contributed by atoms with van der Waals surface area (Å²) in [4.78, 5) is 25.4. The number of anilines is 1. The van der Waals surface area contributed by atoms with Gasteiger partial charge in [-0.25, -0.2) is 14.8 Å². The van der Waals surface area contributed by atoms with E-state index in [1.807, 2.05) is 30.3 Å². The van der Waals surface area contributed by atoms with E-state index in [1.54, 1.807) is 18.3 Å². The number of carboxylic acids is 1. The Bertz CT molecular complexity index is 948. The lowest BCUT2D eigenvalue weighted by atomic mass is 10.1. The first kappa shape index (κ1) is 16.5. The van der Waals surface area contributed by atoms with E-state index in [4.69, 9.17) is 0 Å². The fourth-order valence-corrected chi connectivity index (χ4v) is 3.26. The lowest BCUT2D eigenvalue weighted by molar-refractivity contribution is 0.0699. The molecule has 0 spiro atoms. The third-order valence-electron chi connectivity index (χ3n) is 4.82. The standard InChI is InChI=1S/C20H20N4O2/c1-23-8-10-24(11-9-23)19-7-6-14(13-21-19)18-12-16(20(25)26)15-4-2-3-5-17(15)22-18/h2-7,12-13H,8-11H2,1H3,(H,25,26). The molecule has 3 aromatic rings. The first-order chi connectivity index (χ1) is 12.6. The van der Waals surface area contributed by atoms with E-state index in [0.29, 0.717) is 16.6 Å². The van der Waals surface area contributed by atoms with Gasteiger partial charge in [0.25, 0.3) is 0 Å². The first-order valence-electron chi connectivity index (χ1n) is 8.65. The molecular weight excluding hydrogens is 328 g/mol. The van der Waals surface area contributed by atoms with Gasteiger partial charge in [0.2, 0.25) is 0 Å². The molecule has 1 N–H and O–H groups in total. The Labute approximate surface area is 151 Å². The molecule has 26 heavy (non-hydrogen) atoms. The summed E-state index contributed by atoms with van der Waals surface area (Å²) in [5, 5.41) is 10.2. The van der Waals surface area contributed by atoms with Gasteiger partial charge in [0.05, 0.1) is 16.8 Å². The number of aromatic carboxylic acids is 1. The molecule has 0 saturated carbocycles. The van der Waals surface area contributed by atoms with Crippen molar-refractivity contribution < 1.29 is 9.90 Å². The van der Waals surface area contributed by atoms with Gasteiger partial charge in [-0.2, -0.15) is 0 Å². The van der Waals surface area contributed by atoms with Crippen molar-refractivity contribution >= 4 is 22.7 Å². The van der Waals surface area contributed by atoms with Crippen molar-refractivity contribution in [1.29, 1.82) is 0 Å². The average Bonchev–Trinajstić information content (AvgIpc) is 2.68. The predicted molar refractivity (Wildman–Crippen MR) is 102 cm³/mol. The molecule has 1 fully saturated rings. The van der Waals surface area contributed by atoms with Crippen LogP contribution in [0.5, 0.6) is 0 Å². The number of hydrogen-bond donors (Lipinski definition) is 1. The van der Waals surface area contributed by atoms with E-state index in [0.717, 1.165) is 37.6 Å². The van der Waals surface area contributed by atoms with Crippen LogP contribution in [0.1, 0.15) is 10.4 Å². The van der Waals surface area contributed by atoms with Crippen molar-refractivity contribution in [2.75, 3.05) is 38.1 Å². The molecule has 0 amide bonds. The van der Waals surface area contributed by atoms with Gasteiger partial charge in [-0.1, -0.05) is 18.2 Å². The number of benzene rings is 1. The number of likely N-dealkylation sites (N-methyl/N-ethyl adjacent to an activating group) is 1. The molecule has 0 atom stereocenters. The molecule has 0 bridgehead atoms. The lowest BCUT2D eigenvalue weighted by Crippen LogP contribution is -2.44. The third kappa shape index (κ3) is 3.11. The van der Waals surface area contributed by atoms with Gasteiger partial charge in [-0.3, -0.25) is 0 Å². The maximum absolute atomic E-state index is 11.6. The number of piperazine rings is 1. The Kier molecular flexibility index (Phi) is 4.26. The van der Waals surface area contributed by atoms with Crippen LogP contribution in [0.3, 0.4) is 0 Å². The van der Waals surface area contributed by atoms with Gasteiger partial charge in [-0.05, 0) is 31.3 Å². The monoisotopic (exact) mass is 348 g/mol. The highest BCUT2D eigenvalue weighted by atomic mass is 16.4. The topological polar surface area (TPSA) is 69.6 Å². The summed E-state index contributed by atoms with van der Waals surface area (Å²) < 4.78 is 0. The molecule has 3 heterocycles. The normalized spacial score (nSPS) is 15.3.